The van der Waals surface area contributed by atoms with Crippen LogP contribution < -0.4 is 9.47 Å². The highest BCUT2D eigenvalue weighted by Gasteiger charge is 2.27. The number of Topliss-reactive ketones (excluding diaryl/α,β-unsaturated/α-hetero) is 1. The van der Waals surface area contributed by atoms with Crippen LogP contribution in [-0.4, -0.2) is 38.3 Å². The maximum absolute atomic E-state index is 12.2. The first kappa shape index (κ1) is 14.2. The number of ketones is 1. The lowest BCUT2D eigenvalue weighted by Crippen LogP contribution is -2.11. The van der Waals surface area contributed by atoms with Crippen LogP contribution in [0.25, 0.3) is 11.0 Å². The predicted molar refractivity (Wildman–Crippen MR) is 71.8 cm³/mol. The molecule has 6 heteroatoms. The monoisotopic (exact) mass is 280 g/mol. The van der Waals surface area contributed by atoms with Crippen LogP contribution in [0, 0.1) is 0 Å². The lowest BCUT2D eigenvalue weighted by molar-refractivity contribution is 0.0777. The van der Waals surface area contributed by atoms with Crippen molar-refractivity contribution in [1.29, 1.82) is 0 Å². The fourth-order valence-electron chi connectivity index (χ4n) is 2.05. The maximum atomic E-state index is 12.2. The molecule has 0 atom stereocenters. The van der Waals surface area contributed by atoms with Crippen LogP contribution >= 0.6 is 0 Å². The fourth-order valence-corrected chi connectivity index (χ4v) is 2.05. The van der Waals surface area contributed by atoms with Gasteiger partial charge in [-0.2, -0.15) is 0 Å². The van der Waals surface area contributed by atoms with Gasteiger partial charge in [-0.1, -0.05) is 0 Å². The molecule has 0 fully saturated rings. The number of carbonyl (C=O) groups excluding carboxylic acids is 1. The molecule has 0 saturated heterocycles. The van der Waals surface area contributed by atoms with Crippen LogP contribution in [0.2, 0.25) is 0 Å². The zero-order valence-electron chi connectivity index (χ0n) is 11.6. The minimum atomic E-state index is -0.386. The first-order valence-corrected chi connectivity index (χ1v) is 6.10. The van der Waals surface area contributed by atoms with Gasteiger partial charge in [0.25, 0.3) is 0 Å². The van der Waals surface area contributed by atoms with Crippen molar-refractivity contribution in [1.82, 2.24) is 0 Å². The second kappa shape index (κ2) is 5.83. The highest BCUT2D eigenvalue weighted by atomic mass is 16.5. The Morgan fingerprint density at radius 3 is 2.60 bits per heavy atom. The SMILES string of the molecule is CCOCC(=O)c1c(O)c(OC)c2occc2c1OC. The summed E-state index contributed by atoms with van der Waals surface area (Å²) in [5.41, 5.74) is 0.363. The van der Waals surface area contributed by atoms with Crippen LogP contribution in [0.15, 0.2) is 16.7 Å². The highest BCUT2D eigenvalue weighted by molar-refractivity contribution is 6.09. The van der Waals surface area contributed by atoms with Crippen molar-refractivity contribution in [3.63, 3.8) is 0 Å². The van der Waals surface area contributed by atoms with Crippen LogP contribution in [0.4, 0.5) is 0 Å². The quantitative estimate of drug-likeness (QED) is 0.818. The number of phenols is 1. The smallest absolute Gasteiger partial charge is 0.205 e. The number of rotatable bonds is 6. The number of methoxy groups -OCH3 is 2. The minimum absolute atomic E-state index is 0.0340. The van der Waals surface area contributed by atoms with E-state index in [0.29, 0.717) is 17.6 Å². The van der Waals surface area contributed by atoms with Gasteiger partial charge in [-0.25, -0.2) is 0 Å². The summed E-state index contributed by atoms with van der Waals surface area (Å²) in [4.78, 5) is 12.2. The van der Waals surface area contributed by atoms with Gasteiger partial charge in [0.2, 0.25) is 5.75 Å². The molecule has 0 unspecified atom stereocenters. The molecule has 1 N–H and O–H groups in total. The summed E-state index contributed by atoms with van der Waals surface area (Å²) in [5, 5.41) is 10.8. The molecule has 0 spiro atoms. The lowest BCUT2D eigenvalue weighted by atomic mass is 10.0. The Balaban J connectivity index is 2.67. The van der Waals surface area contributed by atoms with E-state index in [4.69, 9.17) is 18.6 Å². The average molecular weight is 280 g/mol. The summed E-state index contributed by atoms with van der Waals surface area (Å²) in [6, 6.07) is 1.65. The number of furan rings is 1. The minimum Gasteiger partial charge on any atom is -0.504 e. The molecule has 0 aliphatic rings. The van der Waals surface area contributed by atoms with Crippen molar-refractivity contribution in [2.75, 3.05) is 27.4 Å². The standard InChI is InChI=1S/C14H16O6/c1-4-19-7-9(15)10-11(16)14(18-3)13-8(5-6-20-13)12(10)17-2/h5-6,16H,4,7H2,1-3H3. The molecule has 6 nitrogen and oxygen atoms in total. The molecule has 2 rings (SSSR count). The van der Waals surface area contributed by atoms with E-state index in [1.54, 1.807) is 13.0 Å². The molecule has 0 amide bonds. The van der Waals surface area contributed by atoms with Gasteiger partial charge in [-0.15, -0.1) is 0 Å². The van der Waals surface area contributed by atoms with Crippen molar-refractivity contribution in [3.8, 4) is 17.2 Å². The van der Waals surface area contributed by atoms with E-state index in [0.717, 1.165) is 0 Å². The topological polar surface area (TPSA) is 78.1 Å². The zero-order valence-corrected chi connectivity index (χ0v) is 11.6. The normalized spacial score (nSPS) is 10.8. The number of phenolic OH excluding ortho intramolecular Hbond substituents is 1. The Bertz CT molecular complexity index is 628. The largest absolute Gasteiger partial charge is 0.504 e. The third-order valence-electron chi connectivity index (χ3n) is 2.92. The molecular formula is C14H16O6. The van der Waals surface area contributed by atoms with E-state index < -0.39 is 0 Å². The van der Waals surface area contributed by atoms with Crippen LogP contribution in [-0.2, 0) is 4.74 Å². The van der Waals surface area contributed by atoms with Gasteiger partial charge in [0, 0.05) is 6.61 Å². The van der Waals surface area contributed by atoms with Gasteiger partial charge < -0.3 is 23.7 Å². The third kappa shape index (κ3) is 2.18. The number of ether oxygens (including phenoxy) is 3. The number of fused-ring (bicyclic) bond motifs is 1. The van der Waals surface area contributed by atoms with Crippen LogP contribution in [0.3, 0.4) is 0 Å². The molecule has 0 saturated carbocycles. The van der Waals surface area contributed by atoms with Gasteiger partial charge in [0.15, 0.2) is 17.1 Å². The second-order valence-electron chi connectivity index (χ2n) is 4.01. The van der Waals surface area contributed by atoms with E-state index in [1.807, 2.05) is 0 Å². The van der Waals surface area contributed by atoms with Gasteiger partial charge in [0.05, 0.1) is 25.9 Å². The molecule has 1 aromatic carbocycles. The Hall–Kier alpha value is -2.21. The Morgan fingerprint density at radius 1 is 1.30 bits per heavy atom. The van der Waals surface area contributed by atoms with Crippen molar-refractivity contribution in [2.24, 2.45) is 0 Å². The third-order valence-corrected chi connectivity index (χ3v) is 2.92. The fraction of sp³-hybridized carbons (Fsp3) is 0.357. The number of hydrogen-bond donors (Lipinski definition) is 1. The Labute approximate surface area is 115 Å². The second-order valence-corrected chi connectivity index (χ2v) is 4.01. The summed E-state index contributed by atoms with van der Waals surface area (Å²) in [5.74, 6) is -0.346. The molecule has 0 aliphatic carbocycles. The summed E-state index contributed by atoms with van der Waals surface area (Å²) in [6.45, 7) is 2.04. The molecule has 1 aromatic heterocycles. The molecule has 20 heavy (non-hydrogen) atoms. The van der Waals surface area contributed by atoms with Crippen molar-refractivity contribution in [2.45, 2.75) is 6.92 Å². The molecular weight excluding hydrogens is 264 g/mol. The van der Waals surface area contributed by atoms with E-state index in [1.165, 1.54) is 20.5 Å². The summed E-state index contributed by atoms with van der Waals surface area (Å²) in [6.07, 6.45) is 1.44. The van der Waals surface area contributed by atoms with E-state index in [2.05, 4.69) is 0 Å². The van der Waals surface area contributed by atoms with E-state index in [9.17, 15) is 9.90 Å². The molecule has 1 heterocycles. The van der Waals surface area contributed by atoms with Crippen molar-refractivity contribution < 1.29 is 28.5 Å². The molecule has 2 aromatic rings. The lowest BCUT2D eigenvalue weighted by Gasteiger charge is -2.14. The van der Waals surface area contributed by atoms with Gasteiger partial charge in [0.1, 0.15) is 17.9 Å². The van der Waals surface area contributed by atoms with Gasteiger partial charge in [-0.05, 0) is 13.0 Å². The zero-order chi connectivity index (χ0) is 14.7. The average Bonchev–Trinajstić information content (AvgIpc) is 2.92. The number of aromatic hydroxyl groups is 1. The number of benzene rings is 1. The van der Waals surface area contributed by atoms with E-state index >= 15 is 0 Å². The highest BCUT2D eigenvalue weighted by Crippen LogP contribution is 2.45. The molecule has 108 valence electrons. The van der Waals surface area contributed by atoms with Crippen molar-refractivity contribution in [3.05, 3.63) is 17.9 Å². The summed E-state index contributed by atoms with van der Waals surface area (Å²) >= 11 is 0. The van der Waals surface area contributed by atoms with Crippen molar-refractivity contribution >= 4 is 16.8 Å². The molecule has 0 aliphatic heterocycles. The molecule has 0 bridgehead atoms. The van der Waals surface area contributed by atoms with Gasteiger partial charge in [-0.3, -0.25) is 4.79 Å². The predicted octanol–water partition coefficient (Wildman–Crippen LogP) is 2.37. The first-order valence-electron chi connectivity index (χ1n) is 6.10. The number of hydrogen-bond acceptors (Lipinski definition) is 6. The van der Waals surface area contributed by atoms with Gasteiger partial charge >= 0.3 is 0 Å². The molecule has 0 radical (unpaired) electrons. The summed E-state index contributed by atoms with van der Waals surface area (Å²) in [7, 11) is 2.81. The van der Waals surface area contributed by atoms with Crippen LogP contribution in [0.1, 0.15) is 17.3 Å². The van der Waals surface area contributed by atoms with E-state index in [-0.39, 0.29) is 35.2 Å². The first-order chi connectivity index (χ1) is 9.65. The Kier molecular flexibility index (Phi) is 4.14. The maximum Gasteiger partial charge on any atom is 0.205 e. The Morgan fingerprint density at radius 2 is 2.00 bits per heavy atom. The summed E-state index contributed by atoms with van der Waals surface area (Å²) < 4.78 is 20.7. The number of carbonyl (C=O) groups is 1. The van der Waals surface area contributed by atoms with Crippen LogP contribution in [0.5, 0.6) is 17.2 Å².